The van der Waals surface area contributed by atoms with E-state index in [1.807, 2.05) is 0 Å². The molecule has 6 heterocycles. The summed E-state index contributed by atoms with van der Waals surface area (Å²) in [6, 6.07) is 0. The fraction of sp³-hybridized carbons (Fsp3) is 0.545. The van der Waals surface area contributed by atoms with Gasteiger partial charge in [0.2, 0.25) is 0 Å². The van der Waals surface area contributed by atoms with E-state index in [9.17, 15) is 52.6 Å². The molecule has 3 radical (unpaired) electrons. The van der Waals surface area contributed by atoms with E-state index >= 15 is 0 Å². The average Bonchev–Trinajstić information content (AvgIpc) is 3.82. The van der Waals surface area contributed by atoms with Crippen molar-refractivity contribution in [3.63, 3.8) is 0 Å². The van der Waals surface area contributed by atoms with E-state index in [4.69, 9.17) is 28.5 Å². The second kappa shape index (κ2) is 24.1. The maximum absolute atomic E-state index is 12.5. The molecule has 0 bridgehead atoms. The molecular formula is C22H28BN10Na5O17P5. The number of aliphatic hydroxyl groups is 2. The molecule has 60 heavy (non-hydrogen) atoms. The predicted molar refractivity (Wildman–Crippen MR) is 176 cm³/mol. The fourth-order valence-electron chi connectivity index (χ4n) is 5.53. The topological polar surface area (TPSA) is 413 Å². The minimum atomic E-state index is -5.92. The maximum Gasteiger partial charge on any atom is 1.00 e. The number of imidazole rings is 2. The van der Waals surface area contributed by atoms with Crippen LogP contribution in [0.15, 0.2) is 25.3 Å². The van der Waals surface area contributed by atoms with Gasteiger partial charge in [-0.05, 0) is 0 Å². The molecule has 0 spiro atoms. The van der Waals surface area contributed by atoms with E-state index in [0.29, 0.717) is 0 Å². The molecule has 4 unspecified atom stereocenters. The Bertz CT molecular complexity index is 2190. The Morgan fingerprint density at radius 2 is 1.00 bits per heavy atom. The van der Waals surface area contributed by atoms with Crippen molar-refractivity contribution >= 4 is 79.4 Å². The van der Waals surface area contributed by atoms with Gasteiger partial charge in [0.15, 0.2) is 22.9 Å². The first-order chi connectivity index (χ1) is 25.5. The van der Waals surface area contributed by atoms with Crippen LogP contribution >= 0.6 is 37.9 Å². The molecule has 2 aliphatic rings. The van der Waals surface area contributed by atoms with Gasteiger partial charge < -0.3 is 98.8 Å². The molecule has 38 heteroatoms. The molecule has 0 aromatic carbocycles. The van der Waals surface area contributed by atoms with Crippen LogP contribution in [0.2, 0.25) is 0 Å². The number of anilines is 2. The number of nitrogens with two attached hydrogens (primary N) is 2. The Labute approximate surface area is 451 Å². The van der Waals surface area contributed by atoms with Crippen LogP contribution in [0, 0.1) is 0 Å². The van der Waals surface area contributed by atoms with E-state index < -0.39 is 99.7 Å². The third-order valence-corrected chi connectivity index (χ3v) is 18.3. The van der Waals surface area contributed by atoms with Crippen molar-refractivity contribution in [2.24, 2.45) is 0 Å². The van der Waals surface area contributed by atoms with Gasteiger partial charge in [-0.1, -0.05) is 0 Å². The number of nitrogen functional groups attached to an aromatic ring is 2. The summed E-state index contributed by atoms with van der Waals surface area (Å²) in [5, 5.41) is 20.8. The molecule has 0 aliphatic carbocycles. The zero-order valence-corrected chi connectivity index (χ0v) is 47.1. The van der Waals surface area contributed by atoms with Crippen molar-refractivity contribution in [3.05, 3.63) is 25.3 Å². The van der Waals surface area contributed by atoms with Crippen LogP contribution in [0.1, 0.15) is 25.3 Å². The maximum atomic E-state index is 12.5. The molecule has 0 amide bonds. The normalized spacial score (nSPS) is 26.3. The monoisotopic (exact) mass is 985 g/mol. The van der Waals surface area contributed by atoms with Crippen molar-refractivity contribution in [2.45, 2.75) is 49.7 Å². The van der Waals surface area contributed by atoms with Gasteiger partial charge in [0.1, 0.15) is 78.7 Å². The molecule has 2 saturated heterocycles. The van der Waals surface area contributed by atoms with Crippen molar-refractivity contribution < 1.29 is 228 Å². The number of rotatable bonds is 16. The number of aromatic nitrogens is 8. The van der Waals surface area contributed by atoms with E-state index in [0.717, 1.165) is 12.7 Å². The summed E-state index contributed by atoms with van der Waals surface area (Å²) in [5.74, 6) is -3.94. The van der Waals surface area contributed by atoms with Crippen LogP contribution in [-0.4, -0.2) is 106 Å². The molecule has 4 aromatic rings. The van der Waals surface area contributed by atoms with Crippen molar-refractivity contribution in [1.82, 2.24) is 39.0 Å². The van der Waals surface area contributed by atoms with Gasteiger partial charge in [0.25, 0.3) is 0 Å². The van der Waals surface area contributed by atoms with Gasteiger partial charge in [0, 0.05) is 12.8 Å². The Morgan fingerprint density at radius 1 is 0.650 bits per heavy atom. The Morgan fingerprint density at radius 3 is 1.35 bits per heavy atom. The van der Waals surface area contributed by atoms with E-state index in [-0.39, 0.29) is 195 Å². The van der Waals surface area contributed by atoms with Gasteiger partial charge in [0.05, 0.1) is 57.4 Å². The molecule has 301 valence electrons. The SMILES string of the molecule is [B-]P(=O)(OP(=O)([O-])CP(=O)([O-])OC[C@H]1O[C@@H](n2cnc3c(N)ncnc32)C[C@@H]1O)OP(=O)([O-])CP(=O)([O-])OC[C@H]1O[C@@H](n2cnc3c(N)ncnc32)C[C@@H]1O.[Na+].[Na+].[Na+].[Na+].[Na+]. The number of fused-ring (bicyclic) bond motifs is 2. The van der Waals surface area contributed by atoms with Gasteiger partial charge in [-0.3, -0.25) is 9.13 Å². The predicted octanol–water partition coefficient (Wildman–Crippen LogP) is -17.4. The Kier molecular flexibility index (Phi) is 24.3. The van der Waals surface area contributed by atoms with E-state index in [1.165, 1.54) is 21.8 Å². The third kappa shape index (κ3) is 15.7. The molecule has 4 aromatic heterocycles. The van der Waals surface area contributed by atoms with E-state index in [1.54, 1.807) is 0 Å². The van der Waals surface area contributed by atoms with Crippen LogP contribution in [0.3, 0.4) is 0 Å². The number of hydrogen-bond acceptors (Lipinski definition) is 25. The molecule has 27 nitrogen and oxygen atoms in total. The van der Waals surface area contributed by atoms with Crippen LogP contribution in [0.5, 0.6) is 0 Å². The first kappa shape index (κ1) is 60.5. The summed E-state index contributed by atoms with van der Waals surface area (Å²) in [6.07, 6.45) is -2.47. The number of nitrogens with zero attached hydrogens (tertiary/aromatic N) is 8. The Hall–Kier alpha value is 2.43. The third-order valence-electron chi connectivity index (χ3n) is 7.84. The summed E-state index contributed by atoms with van der Waals surface area (Å²) < 4.78 is 93.8. The summed E-state index contributed by atoms with van der Waals surface area (Å²) in [4.78, 5) is 73.7. The molecule has 0 saturated carbocycles. The average molecular weight is 985 g/mol. The van der Waals surface area contributed by atoms with Gasteiger partial charge in [-0.25, -0.2) is 29.9 Å². The number of hydrogen-bond donors (Lipinski definition) is 4. The summed E-state index contributed by atoms with van der Waals surface area (Å²) >= 11 is 0. The van der Waals surface area contributed by atoms with Crippen LogP contribution in [0.25, 0.3) is 22.3 Å². The first-order valence-electron chi connectivity index (χ1n) is 15.4. The van der Waals surface area contributed by atoms with Crippen molar-refractivity contribution in [3.8, 4) is 0 Å². The molecule has 10 atom stereocenters. The minimum absolute atomic E-state index is 0. The smallest absolute Gasteiger partial charge is 0.778 e. The second-order valence-corrected chi connectivity index (χ2v) is 22.1. The van der Waals surface area contributed by atoms with Gasteiger partial charge >= 0.3 is 148 Å². The number of aliphatic hydroxyl groups excluding tert-OH is 2. The van der Waals surface area contributed by atoms with E-state index in [2.05, 4.69) is 47.6 Å². The van der Waals surface area contributed by atoms with Crippen LogP contribution in [-0.2, 0) is 50.0 Å². The molecule has 2 fully saturated rings. The molecule has 6 rings (SSSR count). The molecular weight excluding hydrogens is 957 g/mol. The number of ether oxygens (including phenoxy) is 2. The van der Waals surface area contributed by atoms with Crippen LogP contribution < -0.4 is 179 Å². The molecule has 6 N–H and O–H groups in total. The second-order valence-electron chi connectivity index (χ2n) is 12.1. The molecule has 2 aliphatic heterocycles. The summed E-state index contributed by atoms with van der Waals surface area (Å²) in [6.45, 7) is -1.83. The van der Waals surface area contributed by atoms with Crippen molar-refractivity contribution in [2.75, 3.05) is 36.5 Å². The first-order valence-corrected chi connectivity index (χ1v) is 23.9. The van der Waals surface area contributed by atoms with Crippen molar-refractivity contribution in [1.29, 1.82) is 0 Å². The summed E-state index contributed by atoms with van der Waals surface area (Å²) in [5.41, 5.74) is 12.4. The van der Waals surface area contributed by atoms with Gasteiger partial charge in [-0.15, -0.1) is 0 Å². The van der Waals surface area contributed by atoms with Gasteiger partial charge in [-0.2, -0.15) is 0 Å². The summed E-state index contributed by atoms with van der Waals surface area (Å²) in [7, 11) is -23.5. The largest absolute Gasteiger partial charge is 1.00 e. The quantitative estimate of drug-likeness (QED) is 0.0598. The standard InChI is InChI=1S/C22H32BN10O17P5.5Na/c23-55(44,49-53(40,41)9-51(36,37)45-3-13-11(34)1-15(47-13)32-7-30-17-19(24)26-5-28-21(17)32)50-54(42,43)10-52(38,39)46-4-14-12(35)2-16(48-14)33-8-31-18-20(25)27-6-29-22(18)33;;;;;/h5-8,11-16,34-35H,1-4,9-10H2,(H,36,37)(H,38,39)(H,40,41)(H,42,43)(H2,24,26,28)(H2,25,27,29);;;;;/q-1;5*+1/p-4/t11-,12-,13+,14+,15+,16+;;;;;/m0...../s1. The van der Waals surface area contributed by atoms with Crippen LogP contribution in [0.4, 0.5) is 11.6 Å². The zero-order valence-electron chi connectivity index (χ0n) is 32.6. The minimum Gasteiger partial charge on any atom is -0.778 e. The zero-order chi connectivity index (χ0) is 40.1. The Balaban J connectivity index is 0.00000360. The fourth-order valence-corrected chi connectivity index (χ4v) is 14.8.